The molecule has 4 heteroatoms. The van der Waals surface area contributed by atoms with E-state index in [2.05, 4.69) is 5.32 Å². The molecule has 1 amide bonds. The third-order valence-electron chi connectivity index (χ3n) is 3.72. The summed E-state index contributed by atoms with van der Waals surface area (Å²) >= 11 is 0. The standard InChI is InChI=1S/C18H17NO3/c20-16-12-11-15(19-16)18(21)22-17(13-7-3-1-4-8-13)14-9-5-2-6-10-14/h1-10,15,17H,11-12H2,(H,19,20)/t15-/m0/s1. The van der Waals surface area contributed by atoms with E-state index < -0.39 is 12.1 Å². The lowest BCUT2D eigenvalue weighted by atomic mass is 10.0. The predicted octanol–water partition coefficient (Wildman–Crippen LogP) is 2.60. The van der Waals surface area contributed by atoms with E-state index in [4.69, 9.17) is 4.74 Å². The molecule has 0 saturated carbocycles. The maximum atomic E-state index is 12.3. The van der Waals surface area contributed by atoms with E-state index in [1.165, 1.54) is 0 Å². The Morgan fingerprint density at radius 1 is 1.00 bits per heavy atom. The number of carbonyl (C=O) groups excluding carboxylic acids is 2. The van der Waals surface area contributed by atoms with Crippen LogP contribution in [0.5, 0.6) is 0 Å². The van der Waals surface area contributed by atoms with E-state index in [1.807, 2.05) is 60.7 Å². The fourth-order valence-corrected chi connectivity index (χ4v) is 2.57. The molecule has 0 aliphatic carbocycles. The van der Waals surface area contributed by atoms with Crippen molar-refractivity contribution in [2.24, 2.45) is 0 Å². The highest BCUT2D eigenvalue weighted by Crippen LogP contribution is 2.27. The van der Waals surface area contributed by atoms with Crippen LogP contribution in [0.25, 0.3) is 0 Å². The molecule has 112 valence electrons. The van der Waals surface area contributed by atoms with Gasteiger partial charge in [0.15, 0.2) is 6.10 Å². The van der Waals surface area contributed by atoms with Crippen LogP contribution in [-0.2, 0) is 14.3 Å². The van der Waals surface area contributed by atoms with Gasteiger partial charge in [-0.2, -0.15) is 0 Å². The quantitative estimate of drug-likeness (QED) is 0.882. The number of hydrogen-bond acceptors (Lipinski definition) is 3. The summed E-state index contributed by atoms with van der Waals surface area (Å²) in [7, 11) is 0. The minimum atomic E-state index is -0.539. The summed E-state index contributed by atoms with van der Waals surface area (Å²) in [5.74, 6) is -0.485. The lowest BCUT2D eigenvalue weighted by Gasteiger charge is -2.21. The minimum Gasteiger partial charge on any atom is -0.451 e. The zero-order valence-corrected chi connectivity index (χ0v) is 12.1. The van der Waals surface area contributed by atoms with E-state index in [0.29, 0.717) is 12.8 Å². The number of nitrogens with one attached hydrogen (secondary N) is 1. The van der Waals surface area contributed by atoms with Crippen molar-refractivity contribution in [2.45, 2.75) is 25.0 Å². The molecule has 1 fully saturated rings. The molecular formula is C18H17NO3. The smallest absolute Gasteiger partial charge is 0.329 e. The lowest BCUT2D eigenvalue weighted by molar-refractivity contribution is -0.150. The number of benzene rings is 2. The second-order valence-corrected chi connectivity index (χ2v) is 5.30. The maximum absolute atomic E-state index is 12.3. The van der Waals surface area contributed by atoms with Gasteiger partial charge in [-0.25, -0.2) is 4.79 Å². The van der Waals surface area contributed by atoms with Gasteiger partial charge in [0.05, 0.1) is 0 Å². The molecule has 1 aliphatic heterocycles. The van der Waals surface area contributed by atoms with Gasteiger partial charge in [0, 0.05) is 6.42 Å². The molecular weight excluding hydrogens is 278 g/mol. The van der Waals surface area contributed by atoms with Crippen LogP contribution in [-0.4, -0.2) is 17.9 Å². The van der Waals surface area contributed by atoms with E-state index in [9.17, 15) is 9.59 Å². The highest BCUT2D eigenvalue weighted by atomic mass is 16.5. The van der Waals surface area contributed by atoms with Crippen LogP contribution in [0.1, 0.15) is 30.1 Å². The summed E-state index contributed by atoms with van der Waals surface area (Å²) in [6, 6.07) is 18.7. The van der Waals surface area contributed by atoms with Gasteiger partial charge < -0.3 is 10.1 Å². The Kier molecular flexibility index (Phi) is 4.19. The number of ether oxygens (including phenoxy) is 1. The van der Waals surface area contributed by atoms with Gasteiger partial charge in [-0.1, -0.05) is 60.7 Å². The molecule has 2 aromatic carbocycles. The van der Waals surface area contributed by atoms with Crippen molar-refractivity contribution >= 4 is 11.9 Å². The average Bonchev–Trinajstić information content (AvgIpc) is 3.01. The van der Waals surface area contributed by atoms with Gasteiger partial charge in [0.1, 0.15) is 6.04 Å². The fourth-order valence-electron chi connectivity index (χ4n) is 2.57. The number of esters is 1. The molecule has 22 heavy (non-hydrogen) atoms. The summed E-state index contributed by atoms with van der Waals surface area (Å²) in [4.78, 5) is 23.6. The van der Waals surface area contributed by atoms with Crippen molar-refractivity contribution in [3.63, 3.8) is 0 Å². The van der Waals surface area contributed by atoms with Gasteiger partial charge in [-0.05, 0) is 17.5 Å². The third kappa shape index (κ3) is 3.17. The molecule has 0 radical (unpaired) electrons. The van der Waals surface area contributed by atoms with Crippen molar-refractivity contribution < 1.29 is 14.3 Å². The Bertz CT molecular complexity index is 615. The maximum Gasteiger partial charge on any atom is 0.329 e. The molecule has 0 unspecified atom stereocenters. The molecule has 0 bridgehead atoms. The monoisotopic (exact) mass is 295 g/mol. The normalized spacial score (nSPS) is 17.3. The van der Waals surface area contributed by atoms with Crippen LogP contribution < -0.4 is 5.32 Å². The molecule has 1 saturated heterocycles. The van der Waals surface area contributed by atoms with Crippen LogP contribution in [0.3, 0.4) is 0 Å². The van der Waals surface area contributed by atoms with Crippen molar-refractivity contribution in [1.82, 2.24) is 5.32 Å². The zero-order chi connectivity index (χ0) is 15.4. The summed E-state index contributed by atoms with van der Waals surface area (Å²) in [6.45, 7) is 0. The van der Waals surface area contributed by atoms with Gasteiger partial charge in [0.25, 0.3) is 0 Å². The Balaban J connectivity index is 1.83. The summed E-state index contributed by atoms with van der Waals surface area (Å²) < 4.78 is 5.70. The summed E-state index contributed by atoms with van der Waals surface area (Å²) in [5, 5.41) is 2.65. The number of hydrogen-bond donors (Lipinski definition) is 1. The Labute approximate surface area is 129 Å². The Morgan fingerprint density at radius 3 is 2.00 bits per heavy atom. The SMILES string of the molecule is O=C1CC[C@@H](C(=O)OC(c2ccccc2)c2ccccc2)N1. The second-order valence-electron chi connectivity index (χ2n) is 5.30. The van der Waals surface area contributed by atoms with Gasteiger partial charge in [0.2, 0.25) is 5.91 Å². The van der Waals surface area contributed by atoms with Crippen LogP contribution in [0.15, 0.2) is 60.7 Å². The molecule has 0 aromatic heterocycles. The van der Waals surface area contributed by atoms with Crippen LogP contribution in [0, 0.1) is 0 Å². The molecule has 0 spiro atoms. The topological polar surface area (TPSA) is 55.4 Å². The fraction of sp³-hybridized carbons (Fsp3) is 0.222. The summed E-state index contributed by atoms with van der Waals surface area (Å²) in [6.07, 6.45) is 0.405. The highest BCUT2D eigenvalue weighted by molar-refractivity contribution is 5.88. The van der Waals surface area contributed by atoms with Gasteiger partial charge in [-0.15, -0.1) is 0 Å². The first-order chi connectivity index (χ1) is 10.7. The molecule has 4 nitrogen and oxygen atoms in total. The zero-order valence-electron chi connectivity index (χ0n) is 12.1. The van der Waals surface area contributed by atoms with Crippen LogP contribution in [0.2, 0.25) is 0 Å². The summed E-state index contributed by atoms with van der Waals surface area (Å²) in [5.41, 5.74) is 1.82. The molecule has 1 heterocycles. The Hall–Kier alpha value is -2.62. The largest absolute Gasteiger partial charge is 0.451 e. The first-order valence-corrected chi connectivity index (χ1v) is 7.34. The van der Waals surface area contributed by atoms with Gasteiger partial charge >= 0.3 is 5.97 Å². The van der Waals surface area contributed by atoms with Crippen LogP contribution in [0.4, 0.5) is 0 Å². The first-order valence-electron chi connectivity index (χ1n) is 7.34. The van der Waals surface area contributed by atoms with E-state index in [-0.39, 0.29) is 11.9 Å². The van der Waals surface area contributed by atoms with Crippen molar-refractivity contribution in [2.75, 3.05) is 0 Å². The first kappa shape index (κ1) is 14.3. The molecule has 1 N–H and O–H groups in total. The second kappa shape index (κ2) is 6.43. The Morgan fingerprint density at radius 2 is 1.55 bits per heavy atom. The third-order valence-corrected chi connectivity index (χ3v) is 3.72. The van der Waals surface area contributed by atoms with E-state index in [0.717, 1.165) is 11.1 Å². The molecule has 3 rings (SSSR count). The number of amides is 1. The molecule has 2 aromatic rings. The minimum absolute atomic E-state index is 0.0991. The molecule has 1 aliphatic rings. The predicted molar refractivity (Wildman–Crippen MR) is 82.0 cm³/mol. The average molecular weight is 295 g/mol. The van der Waals surface area contributed by atoms with E-state index >= 15 is 0 Å². The van der Waals surface area contributed by atoms with Crippen LogP contribution >= 0.6 is 0 Å². The number of rotatable bonds is 4. The number of carbonyl (C=O) groups is 2. The highest BCUT2D eigenvalue weighted by Gasteiger charge is 2.31. The van der Waals surface area contributed by atoms with E-state index in [1.54, 1.807) is 0 Å². The van der Waals surface area contributed by atoms with Crippen molar-refractivity contribution in [3.05, 3.63) is 71.8 Å². The van der Waals surface area contributed by atoms with Crippen molar-refractivity contribution in [3.8, 4) is 0 Å². The van der Waals surface area contributed by atoms with Gasteiger partial charge in [-0.3, -0.25) is 4.79 Å². The lowest BCUT2D eigenvalue weighted by Crippen LogP contribution is -2.35. The molecule has 1 atom stereocenters. The van der Waals surface area contributed by atoms with Crippen molar-refractivity contribution in [1.29, 1.82) is 0 Å².